The van der Waals surface area contributed by atoms with E-state index in [2.05, 4.69) is 37.3 Å². The van der Waals surface area contributed by atoms with Crippen molar-refractivity contribution in [1.29, 1.82) is 0 Å². The average Bonchev–Trinajstić information content (AvgIpc) is 3.08. The maximum absolute atomic E-state index is 11.1. The molecule has 2 aromatic heterocycles. The molecule has 0 unspecified atom stereocenters. The molecule has 0 atom stereocenters. The van der Waals surface area contributed by atoms with E-state index in [4.69, 9.17) is 0 Å². The number of H-pyrrole nitrogens is 1. The Morgan fingerprint density at radius 3 is 2.67 bits per heavy atom. The van der Waals surface area contributed by atoms with Crippen LogP contribution >= 0.6 is 0 Å². The van der Waals surface area contributed by atoms with Crippen LogP contribution in [0.3, 0.4) is 0 Å². The molecular formula is C20H20N6O. The van der Waals surface area contributed by atoms with Crippen molar-refractivity contribution in [2.24, 2.45) is 4.99 Å². The summed E-state index contributed by atoms with van der Waals surface area (Å²) < 4.78 is 0. The number of fused-ring (bicyclic) bond motifs is 1. The first-order valence-corrected chi connectivity index (χ1v) is 8.38. The lowest BCUT2D eigenvalue weighted by Crippen LogP contribution is -2.05. The Balaban J connectivity index is 1.84. The first-order chi connectivity index (χ1) is 13.1. The number of aromatic amines is 1. The zero-order valence-corrected chi connectivity index (χ0v) is 15.2. The molecule has 0 saturated heterocycles. The van der Waals surface area contributed by atoms with E-state index < -0.39 is 0 Å². The van der Waals surface area contributed by atoms with Crippen LogP contribution in [0.2, 0.25) is 0 Å². The molecule has 0 aliphatic heterocycles. The van der Waals surface area contributed by atoms with Gasteiger partial charge in [0.25, 0.3) is 0 Å². The average molecular weight is 360 g/mol. The first-order valence-electron chi connectivity index (χ1n) is 8.38. The highest BCUT2D eigenvalue weighted by Gasteiger charge is 2.08. The Morgan fingerprint density at radius 1 is 1.22 bits per heavy atom. The number of allylic oxidation sites excluding steroid dienone is 2. The summed E-state index contributed by atoms with van der Waals surface area (Å²) in [6, 6.07) is 9.39. The van der Waals surface area contributed by atoms with Crippen molar-refractivity contribution in [2.75, 3.05) is 10.6 Å². The number of nitrogens with one attached hydrogen (secondary N) is 3. The monoisotopic (exact) mass is 360 g/mol. The van der Waals surface area contributed by atoms with E-state index in [1.54, 1.807) is 12.4 Å². The van der Waals surface area contributed by atoms with Gasteiger partial charge in [0, 0.05) is 30.1 Å². The summed E-state index contributed by atoms with van der Waals surface area (Å²) in [7, 11) is 0. The zero-order valence-electron chi connectivity index (χ0n) is 15.2. The lowest BCUT2D eigenvalue weighted by molar-refractivity contribution is -0.114. The summed E-state index contributed by atoms with van der Waals surface area (Å²) in [5.41, 5.74) is 4.81. The number of carbonyl (C=O) groups excluding carboxylic acids is 1. The lowest BCUT2D eigenvalue weighted by atomic mass is 10.2. The van der Waals surface area contributed by atoms with Gasteiger partial charge in [0.15, 0.2) is 5.65 Å². The van der Waals surface area contributed by atoms with Crippen molar-refractivity contribution in [2.45, 2.75) is 13.8 Å². The molecule has 0 spiro atoms. The van der Waals surface area contributed by atoms with Crippen LogP contribution in [0.1, 0.15) is 13.8 Å². The highest BCUT2D eigenvalue weighted by atomic mass is 16.1. The number of rotatable bonds is 6. The Labute approximate surface area is 157 Å². The highest BCUT2D eigenvalue weighted by molar-refractivity contribution is 5.89. The lowest BCUT2D eigenvalue weighted by Gasteiger charge is -2.05. The maximum atomic E-state index is 11.1. The van der Waals surface area contributed by atoms with Gasteiger partial charge in [-0.2, -0.15) is 0 Å². The van der Waals surface area contributed by atoms with Crippen molar-refractivity contribution in [3.05, 3.63) is 60.6 Å². The van der Waals surface area contributed by atoms with Crippen LogP contribution in [-0.4, -0.2) is 27.6 Å². The van der Waals surface area contributed by atoms with Crippen LogP contribution in [0, 0.1) is 0 Å². The van der Waals surface area contributed by atoms with Gasteiger partial charge in [-0.05, 0) is 50.0 Å². The second-order valence-corrected chi connectivity index (χ2v) is 5.80. The Bertz CT molecular complexity index is 1030. The third kappa shape index (κ3) is 4.46. The van der Waals surface area contributed by atoms with Crippen LogP contribution in [0.25, 0.3) is 22.6 Å². The molecule has 0 radical (unpaired) electrons. The molecule has 0 aliphatic carbocycles. The summed E-state index contributed by atoms with van der Waals surface area (Å²) in [6.07, 6.45) is 7.11. The van der Waals surface area contributed by atoms with Crippen molar-refractivity contribution in [3.8, 4) is 11.4 Å². The second kappa shape index (κ2) is 8.09. The summed E-state index contributed by atoms with van der Waals surface area (Å²) in [5, 5.41) is 6.00. The predicted molar refractivity (Wildman–Crippen MR) is 110 cm³/mol. The fraction of sp³-hybridized carbons (Fsp3) is 0.100. The second-order valence-electron chi connectivity index (χ2n) is 5.80. The van der Waals surface area contributed by atoms with Crippen molar-refractivity contribution in [3.63, 3.8) is 0 Å². The molecule has 0 fully saturated rings. The predicted octanol–water partition coefficient (Wildman–Crippen LogP) is 4.11. The molecular weight excluding hydrogens is 340 g/mol. The van der Waals surface area contributed by atoms with Gasteiger partial charge in [0.2, 0.25) is 5.91 Å². The first kappa shape index (κ1) is 18.1. The Kier molecular flexibility index (Phi) is 5.41. The molecule has 3 N–H and O–H groups in total. The standard InChI is InChI=1S/C20H20N6O/c1-4-15(9-10-21-3)24-17-11-18-20(22-12-17)26-19(25-18)14-5-7-16(8-6-14)23-13(2)27/h4-12,24H,3H2,1-2H3,(H,23,27)(H,22,25,26)/b10-9-,15-4+. The minimum absolute atomic E-state index is 0.102. The molecule has 2 heterocycles. The number of carbonyl (C=O) groups is 1. The number of pyridine rings is 1. The van der Waals surface area contributed by atoms with Crippen LogP contribution in [0.15, 0.2) is 65.6 Å². The molecule has 1 amide bonds. The van der Waals surface area contributed by atoms with E-state index in [0.717, 1.165) is 28.2 Å². The van der Waals surface area contributed by atoms with Crippen LogP contribution < -0.4 is 10.6 Å². The van der Waals surface area contributed by atoms with Crippen LogP contribution in [-0.2, 0) is 4.79 Å². The zero-order chi connectivity index (χ0) is 19.2. The van der Waals surface area contributed by atoms with Gasteiger partial charge in [-0.3, -0.25) is 9.79 Å². The van der Waals surface area contributed by atoms with E-state index in [9.17, 15) is 4.79 Å². The molecule has 1 aromatic carbocycles. The van der Waals surface area contributed by atoms with Gasteiger partial charge in [0.1, 0.15) is 11.3 Å². The van der Waals surface area contributed by atoms with Crippen molar-refractivity contribution < 1.29 is 4.79 Å². The van der Waals surface area contributed by atoms with E-state index in [1.165, 1.54) is 6.92 Å². The van der Waals surface area contributed by atoms with Crippen LogP contribution in [0.5, 0.6) is 0 Å². The van der Waals surface area contributed by atoms with Gasteiger partial charge < -0.3 is 15.6 Å². The molecule has 0 bridgehead atoms. The summed E-state index contributed by atoms with van der Waals surface area (Å²) in [5.74, 6) is 0.612. The van der Waals surface area contributed by atoms with Crippen molar-refractivity contribution >= 4 is 35.2 Å². The molecule has 0 saturated carbocycles. The minimum atomic E-state index is -0.102. The minimum Gasteiger partial charge on any atom is -0.354 e. The normalized spacial score (nSPS) is 11.7. The fourth-order valence-electron chi connectivity index (χ4n) is 2.52. The number of imidazole rings is 1. The summed E-state index contributed by atoms with van der Waals surface area (Å²) >= 11 is 0. The number of anilines is 2. The number of aromatic nitrogens is 3. The van der Waals surface area contributed by atoms with Crippen molar-refractivity contribution in [1.82, 2.24) is 15.0 Å². The number of hydrogen-bond acceptors (Lipinski definition) is 5. The van der Waals surface area contributed by atoms with Crippen LogP contribution in [0.4, 0.5) is 11.4 Å². The van der Waals surface area contributed by atoms with E-state index in [-0.39, 0.29) is 5.91 Å². The molecule has 3 rings (SSSR count). The number of benzene rings is 1. The molecule has 136 valence electrons. The van der Waals surface area contributed by atoms with Gasteiger partial charge in [-0.15, -0.1) is 0 Å². The third-order valence-electron chi connectivity index (χ3n) is 3.77. The highest BCUT2D eigenvalue weighted by Crippen LogP contribution is 2.23. The molecule has 7 heteroatoms. The number of hydrogen-bond donors (Lipinski definition) is 3. The fourth-order valence-corrected chi connectivity index (χ4v) is 2.52. The topological polar surface area (TPSA) is 95.1 Å². The molecule has 0 aliphatic rings. The number of amides is 1. The Hall–Kier alpha value is -3.74. The smallest absolute Gasteiger partial charge is 0.221 e. The largest absolute Gasteiger partial charge is 0.354 e. The summed E-state index contributed by atoms with van der Waals surface area (Å²) in [6.45, 7) is 6.84. The quantitative estimate of drug-likeness (QED) is 0.455. The van der Waals surface area contributed by atoms with E-state index in [0.29, 0.717) is 11.5 Å². The van der Waals surface area contributed by atoms with E-state index in [1.807, 2.05) is 49.4 Å². The molecule has 3 aromatic rings. The number of aliphatic imine (C=N–C) groups is 1. The Morgan fingerprint density at radius 2 is 2.00 bits per heavy atom. The van der Waals surface area contributed by atoms with Gasteiger partial charge >= 0.3 is 0 Å². The SMILES string of the molecule is C=N/C=C\C(=C/C)Nc1cnc2[nH]c(-c3ccc(NC(C)=O)cc3)nc2c1. The van der Waals surface area contributed by atoms with Gasteiger partial charge in [0.05, 0.1) is 11.9 Å². The molecule has 7 nitrogen and oxygen atoms in total. The van der Waals surface area contributed by atoms with Gasteiger partial charge in [-0.25, -0.2) is 9.97 Å². The summed E-state index contributed by atoms with van der Waals surface area (Å²) in [4.78, 5) is 27.1. The maximum Gasteiger partial charge on any atom is 0.221 e. The third-order valence-corrected chi connectivity index (χ3v) is 3.77. The van der Waals surface area contributed by atoms with Gasteiger partial charge in [-0.1, -0.05) is 6.08 Å². The van der Waals surface area contributed by atoms with E-state index >= 15 is 0 Å². The number of nitrogens with zero attached hydrogens (tertiary/aromatic N) is 3. The molecule has 27 heavy (non-hydrogen) atoms.